The Morgan fingerprint density at radius 2 is 2.41 bits per heavy atom. The Balaban J connectivity index is 2.27. The lowest BCUT2D eigenvalue weighted by Crippen LogP contribution is -2.42. The zero-order chi connectivity index (χ0) is 12.4. The van der Waals surface area contributed by atoms with E-state index in [0.29, 0.717) is 0 Å². The molecule has 5 nitrogen and oxygen atoms in total. The van der Waals surface area contributed by atoms with Crippen LogP contribution >= 0.6 is 11.8 Å². The van der Waals surface area contributed by atoms with Gasteiger partial charge in [0.15, 0.2) is 0 Å². The van der Waals surface area contributed by atoms with Gasteiger partial charge in [0.05, 0.1) is 6.61 Å². The van der Waals surface area contributed by atoms with Gasteiger partial charge >= 0.3 is 6.09 Å². The molecule has 1 N–H and O–H groups in total. The van der Waals surface area contributed by atoms with Gasteiger partial charge < -0.3 is 9.84 Å². The number of hydrogen-bond donors (Lipinski definition) is 1. The van der Waals surface area contributed by atoms with Crippen molar-refractivity contribution in [2.75, 3.05) is 12.4 Å². The van der Waals surface area contributed by atoms with Gasteiger partial charge in [0.25, 0.3) is 0 Å². The first-order chi connectivity index (χ1) is 8.15. The standard InChI is InChI=1S/C11H15NO4S/c1-2-16-11(15)12-8(13)6-7-4-3-5-17-9(7)10(12)14/h7,14H,2-6H2,1H3. The van der Waals surface area contributed by atoms with Crippen molar-refractivity contribution >= 4 is 23.8 Å². The van der Waals surface area contributed by atoms with Crippen LogP contribution in [-0.4, -0.2) is 34.4 Å². The third kappa shape index (κ3) is 2.26. The molecule has 1 unspecified atom stereocenters. The molecule has 0 saturated carbocycles. The Morgan fingerprint density at radius 1 is 1.65 bits per heavy atom. The number of amides is 2. The van der Waals surface area contributed by atoms with E-state index in [1.807, 2.05) is 0 Å². The number of ether oxygens (including phenoxy) is 1. The Bertz CT molecular complexity index is 380. The number of rotatable bonds is 1. The average Bonchev–Trinajstić information content (AvgIpc) is 2.29. The van der Waals surface area contributed by atoms with Gasteiger partial charge in [-0.3, -0.25) is 4.79 Å². The summed E-state index contributed by atoms with van der Waals surface area (Å²) in [7, 11) is 0. The predicted molar refractivity (Wildman–Crippen MR) is 63.3 cm³/mol. The minimum atomic E-state index is -0.785. The monoisotopic (exact) mass is 257 g/mol. The van der Waals surface area contributed by atoms with E-state index in [-0.39, 0.29) is 30.7 Å². The zero-order valence-electron chi connectivity index (χ0n) is 9.64. The van der Waals surface area contributed by atoms with Gasteiger partial charge in [-0.15, -0.1) is 11.8 Å². The fourth-order valence-electron chi connectivity index (χ4n) is 2.11. The number of carbonyl (C=O) groups excluding carboxylic acids is 2. The molecule has 1 fully saturated rings. The average molecular weight is 257 g/mol. The molecule has 0 spiro atoms. The number of aliphatic hydroxyl groups excluding tert-OH is 1. The van der Waals surface area contributed by atoms with Crippen LogP contribution in [0.5, 0.6) is 0 Å². The highest BCUT2D eigenvalue weighted by atomic mass is 32.2. The van der Waals surface area contributed by atoms with Gasteiger partial charge in [0.2, 0.25) is 11.8 Å². The lowest BCUT2D eigenvalue weighted by molar-refractivity contribution is -0.131. The molecule has 6 heteroatoms. The number of fused-ring (bicyclic) bond motifs is 1. The normalized spacial score (nSPS) is 24.6. The van der Waals surface area contributed by atoms with Crippen LogP contribution in [-0.2, 0) is 9.53 Å². The second-order valence-electron chi connectivity index (χ2n) is 4.01. The number of imide groups is 1. The summed E-state index contributed by atoms with van der Waals surface area (Å²) in [4.78, 5) is 24.9. The number of nitrogens with zero attached hydrogens (tertiary/aromatic N) is 1. The maximum Gasteiger partial charge on any atom is 0.423 e. The number of thioether (sulfide) groups is 1. The van der Waals surface area contributed by atoms with Gasteiger partial charge in [-0.1, -0.05) is 0 Å². The molecule has 2 heterocycles. The summed E-state index contributed by atoms with van der Waals surface area (Å²) in [6.45, 7) is 1.84. The molecule has 1 atom stereocenters. The molecule has 2 rings (SSSR count). The quantitative estimate of drug-likeness (QED) is 0.780. The number of aliphatic hydroxyl groups is 1. The number of allylic oxidation sites excluding steroid dienone is 1. The fraction of sp³-hybridized carbons (Fsp3) is 0.636. The first-order valence-corrected chi connectivity index (χ1v) is 6.69. The van der Waals surface area contributed by atoms with E-state index in [0.717, 1.165) is 28.4 Å². The van der Waals surface area contributed by atoms with Crippen molar-refractivity contribution in [3.8, 4) is 0 Å². The minimum Gasteiger partial charge on any atom is -0.493 e. The second-order valence-corrected chi connectivity index (χ2v) is 5.14. The maximum atomic E-state index is 11.8. The Kier molecular flexibility index (Phi) is 3.61. The summed E-state index contributed by atoms with van der Waals surface area (Å²) in [5, 5.41) is 9.99. The van der Waals surface area contributed by atoms with E-state index in [1.54, 1.807) is 6.92 Å². The molecule has 0 aromatic rings. The lowest BCUT2D eigenvalue weighted by atomic mass is 9.95. The van der Waals surface area contributed by atoms with E-state index in [2.05, 4.69) is 0 Å². The first kappa shape index (κ1) is 12.3. The maximum absolute atomic E-state index is 11.8. The molecule has 0 aromatic heterocycles. The SMILES string of the molecule is CCOC(=O)N1C(=O)CC2CCCSC2=C1O. The summed E-state index contributed by atoms with van der Waals surface area (Å²) in [6.07, 6.45) is 1.44. The Morgan fingerprint density at radius 3 is 3.12 bits per heavy atom. The van der Waals surface area contributed by atoms with Gasteiger partial charge in [0, 0.05) is 17.2 Å². The molecule has 2 aliphatic heterocycles. The molecule has 1 saturated heterocycles. The Hall–Kier alpha value is -1.17. The molecule has 94 valence electrons. The summed E-state index contributed by atoms with van der Waals surface area (Å²) in [5.41, 5.74) is 0. The zero-order valence-corrected chi connectivity index (χ0v) is 10.5. The summed E-state index contributed by atoms with van der Waals surface area (Å²) < 4.78 is 4.76. The molecule has 0 aliphatic carbocycles. The third-order valence-corrected chi connectivity index (χ3v) is 4.20. The lowest BCUT2D eigenvalue weighted by Gasteiger charge is -2.33. The molecule has 0 aromatic carbocycles. The fourth-order valence-corrected chi connectivity index (χ4v) is 3.30. The second kappa shape index (κ2) is 5.00. The molecular weight excluding hydrogens is 242 g/mol. The molecule has 2 amide bonds. The van der Waals surface area contributed by atoms with Crippen LogP contribution in [0.3, 0.4) is 0 Å². The van der Waals surface area contributed by atoms with E-state index >= 15 is 0 Å². The smallest absolute Gasteiger partial charge is 0.423 e. The van der Waals surface area contributed by atoms with Crippen molar-refractivity contribution in [3.05, 3.63) is 10.8 Å². The molecule has 0 bridgehead atoms. The highest BCUT2D eigenvalue weighted by Gasteiger charge is 2.39. The topological polar surface area (TPSA) is 66.8 Å². The largest absolute Gasteiger partial charge is 0.493 e. The molecular formula is C11H15NO4S. The van der Waals surface area contributed by atoms with E-state index in [4.69, 9.17) is 4.74 Å². The Labute approximate surface area is 104 Å². The molecule has 0 radical (unpaired) electrons. The van der Waals surface area contributed by atoms with Gasteiger partial charge in [-0.25, -0.2) is 4.79 Å². The molecule has 17 heavy (non-hydrogen) atoms. The van der Waals surface area contributed by atoms with Crippen LogP contribution in [0.2, 0.25) is 0 Å². The van der Waals surface area contributed by atoms with Crippen molar-refractivity contribution in [3.63, 3.8) is 0 Å². The van der Waals surface area contributed by atoms with E-state index < -0.39 is 6.09 Å². The van der Waals surface area contributed by atoms with Crippen molar-refractivity contribution < 1.29 is 19.4 Å². The number of hydrogen-bond acceptors (Lipinski definition) is 5. The highest BCUT2D eigenvalue weighted by Crippen LogP contribution is 2.42. The van der Waals surface area contributed by atoms with Crippen LogP contribution < -0.4 is 0 Å². The minimum absolute atomic E-state index is 0.0759. The first-order valence-electron chi connectivity index (χ1n) is 5.70. The van der Waals surface area contributed by atoms with Crippen molar-refractivity contribution in [2.45, 2.75) is 26.2 Å². The van der Waals surface area contributed by atoms with Gasteiger partial charge in [-0.2, -0.15) is 4.90 Å². The van der Waals surface area contributed by atoms with Gasteiger partial charge in [0.1, 0.15) is 0 Å². The van der Waals surface area contributed by atoms with E-state index in [9.17, 15) is 14.7 Å². The predicted octanol–water partition coefficient (Wildman–Crippen LogP) is 2.25. The van der Waals surface area contributed by atoms with Crippen molar-refractivity contribution in [2.24, 2.45) is 5.92 Å². The van der Waals surface area contributed by atoms with Gasteiger partial charge in [-0.05, 0) is 25.5 Å². The van der Waals surface area contributed by atoms with Crippen LogP contribution in [0, 0.1) is 5.92 Å². The van der Waals surface area contributed by atoms with Crippen LogP contribution in [0.25, 0.3) is 0 Å². The van der Waals surface area contributed by atoms with Crippen LogP contribution in [0.4, 0.5) is 4.79 Å². The highest BCUT2D eigenvalue weighted by molar-refractivity contribution is 8.03. The molecule has 2 aliphatic rings. The van der Waals surface area contributed by atoms with Crippen LogP contribution in [0.1, 0.15) is 26.2 Å². The number of carbonyl (C=O) groups is 2. The van der Waals surface area contributed by atoms with Crippen molar-refractivity contribution in [1.82, 2.24) is 4.90 Å². The third-order valence-electron chi connectivity index (χ3n) is 2.88. The summed E-state index contributed by atoms with van der Waals surface area (Å²) in [5.74, 6) is 0.388. The summed E-state index contributed by atoms with van der Waals surface area (Å²) in [6, 6.07) is 0. The van der Waals surface area contributed by atoms with Crippen LogP contribution in [0.15, 0.2) is 10.8 Å². The summed E-state index contributed by atoms with van der Waals surface area (Å²) >= 11 is 1.52. The van der Waals surface area contributed by atoms with E-state index in [1.165, 1.54) is 11.8 Å². The van der Waals surface area contributed by atoms with Crippen molar-refractivity contribution in [1.29, 1.82) is 0 Å².